The van der Waals surface area contributed by atoms with E-state index in [-0.39, 0.29) is 19.4 Å². The first-order valence-electron chi connectivity index (χ1n) is 6.00. The molecule has 1 saturated heterocycles. The molecule has 2 aliphatic heterocycles. The average molecular weight is 294 g/mol. The van der Waals surface area contributed by atoms with E-state index in [4.69, 9.17) is 21.7 Å². The molecule has 1 atom stereocenters. The van der Waals surface area contributed by atoms with Crippen LogP contribution in [0.4, 0.5) is 10.5 Å². The second-order valence-corrected chi connectivity index (χ2v) is 4.98. The van der Waals surface area contributed by atoms with Crippen LogP contribution in [-0.4, -0.2) is 45.4 Å². The van der Waals surface area contributed by atoms with Crippen LogP contribution in [-0.2, 0) is 9.59 Å². The monoisotopic (exact) mass is 294 g/mol. The molecule has 104 valence electrons. The van der Waals surface area contributed by atoms with Crippen LogP contribution in [0.15, 0.2) is 16.7 Å². The molecule has 1 unspecified atom stereocenters. The van der Waals surface area contributed by atoms with Crippen molar-refractivity contribution in [2.45, 2.75) is 18.9 Å². The van der Waals surface area contributed by atoms with Gasteiger partial charge in [-0.05, 0) is 6.42 Å². The summed E-state index contributed by atoms with van der Waals surface area (Å²) in [5, 5.41) is 8.59. The van der Waals surface area contributed by atoms with E-state index >= 15 is 0 Å². The van der Waals surface area contributed by atoms with Crippen molar-refractivity contribution in [2.24, 2.45) is 0 Å². The van der Waals surface area contributed by atoms with E-state index in [1.54, 1.807) is 6.07 Å². The summed E-state index contributed by atoms with van der Waals surface area (Å²) in [4.78, 5) is 37.6. The van der Waals surface area contributed by atoms with Crippen molar-refractivity contribution in [3.05, 3.63) is 18.1 Å². The number of carboxylic acids is 1. The van der Waals surface area contributed by atoms with Crippen molar-refractivity contribution < 1.29 is 23.9 Å². The molecule has 1 N–H and O–H groups in total. The van der Waals surface area contributed by atoms with Crippen molar-refractivity contribution in [3.8, 4) is 0 Å². The van der Waals surface area contributed by atoms with Crippen molar-refractivity contribution >= 4 is 40.7 Å². The molecule has 7 nitrogen and oxygen atoms in total. The Bertz CT molecular complexity index is 638. The second-order valence-electron chi connectivity index (χ2n) is 4.54. The first-order valence-corrected chi connectivity index (χ1v) is 6.41. The highest BCUT2D eigenvalue weighted by Crippen LogP contribution is 2.38. The maximum absolute atomic E-state index is 12.3. The number of anilines is 1. The van der Waals surface area contributed by atoms with E-state index in [1.165, 1.54) is 11.2 Å². The third-order valence-electron chi connectivity index (χ3n) is 3.34. The molecule has 1 fully saturated rings. The predicted molar refractivity (Wildman–Crippen MR) is 70.7 cm³/mol. The van der Waals surface area contributed by atoms with Crippen LogP contribution in [0.25, 0.3) is 0 Å². The normalized spacial score (nSPS) is 20.6. The summed E-state index contributed by atoms with van der Waals surface area (Å²) in [5.41, 5.74) is 0.499. The molecule has 1 aromatic heterocycles. The lowest BCUT2D eigenvalue weighted by atomic mass is 10.2. The number of hydrogen-bond donors (Lipinski definition) is 1. The zero-order chi connectivity index (χ0) is 14.4. The Morgan fingerprint density at radius 3 is 2.90 bits per heavy atom. The number of thiocarbonyl (C=S) groups is 1. The van der Waals surface area contributed by atoms with Gasteiger partial charge in [-0.3, -0.25) is 19.4 Å². The summed E-state index contributed by atoms with van der Waals surface area (Å²) < 4.78 is 5.19. The van der Waals surface area contributed by atoms with Gasteiger partial charge in [0.05, 0.1) is 16.8 Å². The quantitative estimate of drug-likeness (QED) is 0.658. The number of furan rings is 1. The lowest BCUT2D eigenvalue weighted by molar-refractivity contribution is -0.137. The highest BCUT2D eigenvalue weighted by molar-refractivity contribution is 7.81. The number of imide groups is 1. The molecule has 0 radical (unpaired) electrons. The number of fused-ring (bicyclic) bond motifs is 3. The van der Waals surface area contributed by atoms with Gasteiger partial charge in [0.15, 0.2) is 11.8 Å². The van der Waals surface area contributed by atoms with Gasteiger partial charge in [-0.25, -0.2) is 4.79 Å². The standard InChI is InChI=1S/C12H10N2O5S/c15-7(16)2-1-4-13-11(17)8-10(20)9-6(3-5-19-9)14(8)12(13)18/h3,5,8H,1-2,4H2,(H,15,16). The summed E-state index contributed by atoms with van der Waals surface area (Å²) in [6.07, 6.45) is 1.54. The smallest absolute Gasteiger partial charge is 0.332 e. The number of aliphatic carboxylic acids is 1. The summed E-state index contributed by atoms with van der Waals surface area (Å²) in [6.45, 7) is 0.0762. The molecule has 20 heavy (non-hydrogen) atoms. The van der Waals surface area contributed by atoms with Crippen LogP contribution in [0.3, 0.4) is 0 Å². The number of nitrogens with zero attached hydrogens (tertiary/aromatic N) is 2. The molecule has 3 heterocycles. The van der Waals surface area contributed by atoms with E-state index in [2.05, 4.69) is 0 Å². The largest absolute Gasteiger partial charge is 0.481 e. The Labute approximate surface area is 118 Å². The van der Waals surface area contributed by atoms with Crippen molar-refractivity contribution in [1.29, 1.82) is 0 Å². The molecule has 0 aromatic carbocycles. The SMILES string of the molecule is O=C(O)CCCN1C(=O)C2C(=S)c3occc3N2C1=O. The van der Waals surface area contributed by atoms with Crippen LogP contribution in [0.2, 0.25) is 0 Å². The van der Waals surface area contributed by atoms with Crippen molar-refractivity contribution in [1.82, 2.24) is 4.90 Å². The van der Waals surface area contributed by atoms with Gasteiger partial charge in [-0.2, -0.15) is 0 Å². The molecule has 2 aliphatic rings. The van der Waals surface area contributed by atoms with Crippen molar-refractivity contribution in [2.75, 3.05) is 11.4 Å². The Balaban J connectivity index is 1.83. The average Bonchev–Trinajstić information content (AvgIpc) is 3.00. The van der Waals surface area contributed by atoms with Crippen LogP contribution in [0.1, 0.15) is 18.6 Å². The maximum Gasteiger partial charge on any atom is 0.332 e. The van der Waals surface area contributed by atoms with Crippen LogP contribution < -0.4 is 4.90 Å². The zero-order valence-corrected chi connectivity index (χ0v) is 11.1. The minimum absolute atomic E-state index is 0.0762. The third-order valence-corrected chi connectivity index (χ3v) is 3.75. The topological polar surface area (TPSA) is 91.1 Å². The molecule has 0 saturated carbocycles. The van der Waals surface area contributed by atoms with Gasteiger partial charge in [-0.15, -0.1) is 0 Å². The Morgan fingerprint density at radius 2 is 2.20 bits per heavy atom. The highest BCUT2D eigenvalue weighted by Gasteiger charge is 2.54. The van der Waals surface area contributed by atoms with Gasteiger partial charge in [0, 0.05) is 19.0 Å². The Morgan fingerprint density at radius 1 is 1.45 bits per heavy atom. The van der Waals surface area contributed by atoms with Gasteiger partial charge >= 0.3 is 12.0 Å². The second kappa shape index (κ2) is 4.41. The fourth-order valence-electron chi connectivity index (χ4n) is 2.46. The third kappa shape index (κ3) is 1.64. The minimum Gasteiger partial charge on any atom is -0.481 e. The number of urea groups is 1. The maximum atomic E-state index is 12.3. The fraction of sp³-hybridized carbons (Fsp3) is 0.333. The van der Waals surface area contributed by atoms with E-state index in [0.717, 1.165) is 4.90 Å². The lowest BCUT2D eigenvalue weighted by Crippen LogP contribution is -2.35. The Hall–Kier alpha value is -2.22. The number of carboxylic acid groups (broad SMARTS) is 1. The number of amides is 3. The van der Waals surface area contributed by atoms with Gasteiger partial charge in [-0.1, -0.05) is 12.2 Å². The summed E-state index contributed by atoms with van der Waals surface area (Å²) >= 11 is 5.17. The number of rotatable bonds is 4. The van der Waals surface area contributed by atoms with Crippen LogP contribution in [0, 0.1) is 0 Å². The first kappa shape index (κ1) is 12.8. The molecular formula is C12H10N2O5S. The summed E-state index contributed by atoms with van der Waals surface area (Å²) in [7, 11) is 0. The van der Waals surface area contributed by atoms with Crippen molar-refractivity contribution in [3.63, 3.8) is 0 Å². The van der Waals surface area contributed by atoms with E-state index in [1.807, 2.05) is 0 Å². The molecule has 3 amide bonds. The number of hydrogen-bond acceptors (Lipinski definition) is 5. The molecule has 3 rings (SSSR count). The number of carbonyl (C=O) groups excluding carboxylic acids is 2. The van der Waals surface area contributed by atoms with Gasteiger partial charge in [0.2, 0.25) is 0 Å². The lowest BCUT2D eigenvalue weighted by Gasteiger charge is -2.14. The van der Waals surface area contributed by atoms with E-state index in [0.29, 0.717) is 16.3 Å². The predicted octanol–water partition coefficient (Wildman–Crippen LogP) is 1.01. The zero-order valence-electron chi connectivity index (χ0n) is 10.2. The minimum atomic E-state index is -0.961. The fourth-order valence-corrected chi connectivity index (χ4v) is 2.82. The molecule has 1 aromatic rings. The number of carbonyl (C=O) groups is 3. The van der Waals surface area contributed by atoms with Gasteiger partial charge in [0.25, 0.3) is 5.91 Å². The van der Waals surface area contributed by atoms with Gasteiger partial charge in [0.1, 0.15) is 0 Å². The van der Waals surface area contributed by atoms with E-state index < -0.39 is 23.9 Å². The first-order chi connectivity index (χ1) is 9.52. The summed E-state index contributed by atoms with van der Waals surface area (Å²) in [5.74, 6) is -0.995. The molecule has 0 aliphatic carbocycles. The molecule has 0 spiro atoms. The van der Waals surface area contributed by atoms with Crippen LogP contribution >= 0.6 is 12.2 Å². The summed E-state index contributed by atoms with van der Waals surface area (Å²) in [6, 6.07) is 0.290. The Kier molecular flexibility index (Phi) is 2.82. The van der Waals surface area contributed by atoms with Crippen LogP contribution in [0.5, 0.6) is 0 Å². The van der Waals surface area contributed by atoms with E-state index in [9.17, 15) is 14.4 Å². The molecule has 8 heteroatoms. The van der Waals surface area contributed by atoms with Gasteiger partial charge < -0.3 is 9.52 Å². The molecule has 0 bridgehead atoms. The molecular weight excluding hydrogens is 284 g/mol. The highest BCUT2D eigenvalue weighted by atomic mass is 32.1.